The molecule has 0 aliphatic rings. The largest absolute Gasteiger partial charge is 0.478 e. The van der Waals surface area contributed by atoms with Crippen LogP contribution in [0.5, 0.6) is 0 Å². The van der Waals surface area contributed by atoms with E-state index in [9.17, 15) is 14.4 Å². The van der Waals surface area contributed by atoms with Crippen LogP contribution in [0.4, 0.5) is 10.6 Å². The smallest absolute Gasteiger partial charge is 0.335 e. The number of amides is 3. The Morgan fingerprint density at radius 3 is 2.46 bits per heavy atom. The van der Waals surface area contributed by atoms with E-state index in [4.69, 9.17) is 10.8 Å². The van der Waals surface area contributed by atoms with Gasteiger partial charge in [0.1, 0.15) is 11.5 Å². The van der Waals surface area contributed by atoms with E-state index < -0.39 is 17.9 Å². The quantitative estimate of drug-likeness (QED) is 0.397. The Balaban J connectivity index is 2.01. The molecule has 0 spiro atoms. The van der Waals surface area contributed by atoms with Crippen LogP contribution in [0, 0.1) is 0 Å². The molecular formula is C19H25N5O4. The molecule has 0 atom stereocenters. The second-order valence-corrected chi connectivity index (χ2v) is 6.39. The van der Waals surface area contributed by atoms with Crippen LogP contribution in [0.1, 0.15) is 64.8 Å². The molecule has 150 valence electrons. The molecule has 0 bridgehead atoms. The first kappa shape index (κ1) is 20.9. The highest BCUT2D eigenvalue weighted by molar-refractivity contribution is 6.00. The van der Waals surface area contributed by atoms with Crippen molar-refractivity contribution in [1.82, 2.24) is 15.3 Å². The van der Waals surface area contributed by atoms with Crippen molar-refractivity contribution < 1.29 is 19.5 Å². The molecule has 2 rings (SSSR count). The van der Waals surface area contributed by atoms with Crippen LogP contribution in [0.2, 0.25) is 0 Å². The number of urea groups is 1. The molecule has 6 N–H and O–H groups in total. The van der Waals surface area contributed by atoms with Crippen LogP contribution < -0.4 is 16.4 Å². The number of aromatic amines is 1. The van der Waals surface area contributed by atoms with Crippen LogP contribution in [-0.4, -0.2) is 39.5 Å². The van der Waals surface area contributed by atoms with E-state index in [2.05, 4.69) is 27.5 Å². The molecule has 0 radical (unpaired) electrons. The number of anilines is 1. The van der Waals surface area contributed by atoms with Gasteiger partial charge in [-0.3, -0.25) is 10.1 Å². The molecule has 0 saturated heterocycles. The van der Waals surface area contributed by atoms with Gasteiger partial charge < -0.3 is 21.1 Å². The summed E-state index contributed by atoms with van der Waals surface area (Å²) in [5.74, 6) is -1.25. The molecule has 0 saturated carbocycles. The van der Waals surface area contributed by atoms with Gasteiger partial charge in [-0.15, -0.1) is 0 Å². The summed E-state index contributed by atoms with van der Waals surface area (Å²) in [6, 6.07) is 5.84. The van der Waals surface area contributed by atoms with E-state index in [1.54, 1.807) is 12.1 Å². The lowest BCUT2D eigenvalue weighted by atomic mass is 10.1. The minimum atomic E-state index is -1.01. The van der Waals surface area contributed by atoms with Gasteiger partial charge in [-0.1, -0.05) is 38.3 Å². The Morgan fingerprint density at radius 2 is 1.86 bits per heavy atom. The summed E-state index contributed by atoms with van der Waals surface area (Å²) in [5, 5.41) is 14.2. The zero-order chi connectivity index (χ0) is 20.5. The van der Waals surface area contributed by atoms with Crippen LogP contribution in [0.3, 0.4) is 0 Å². The molecule has 1 heterocycles. The summed E-state index contributed by atoms with van der Waals surface area (Å²) in [7, 11) is 0. The topological polar surface area (TPSA) is 150 Å². The molecule has 1 aromatic carbocycles. The van der Waals surface area contributed by atoms with Crippen molar-refractivity contribution in [1.29, 1.82) is 0 Å². The van der Waals surface area contributed by atoms with Crippen molar-refractivity contribution in [3.8, 4) is 0 Å². The van der Waals surface area contributed by atoms with Crippen molar-refractivity contribution in [2.45, 2.75) is 39.0 Å². The van der Waals surface area contributed by atoms with Gasteiger partial charge in [0.05, 0.1) is 5.56 Å². The van der Waals surface area contributed by atoms with Gasteiger partial charge in [0.15, 0.2) is 5.82 Å². The average Bonchev–Trinajstić information content (AvgIpc) is 3.04. The number of carbonyl (C=O) groups excluding carboxylic acids is 2. The van der Waals surface area contributed by atoms with E-state index in [-0.39, 0.29) is 17.1 Å². The van der Waals surface area contributed by atoms with Crippen LogP contribution >= 0.6 is 0 Å². The number of carboxylic acids is 1. The normalized spacial score (nSPS) is 10.5. The number of benzene rings is 1. The number of hydrogen-bond donors (Lipinski definition) is 5. The van der Waals surface area contributed by atoms with E-state index in [1.165, 1.54) is 12.1 Å². The Morgan fingerprint density at radius 1 is 1.14 bits per heavy atom. The summed E-state index contributed by atoms with van der Waals surface area (Å²) < 4.78 is 0. The Kier molecular flexibility index (Phi) is 7.55. The maximum absolute atomic E-state index is 12.0. The molecular weight excluding hydrogens is 362 g/mol. The van der Waals surface area contributed by atoms with Gasteiger partial charge in [0.2, 0.25) is 0 Å². The first-order valence-corrected chi connectivity index (χ1v) is 9.16. The second kappa shape index (κ2) is 10.1. The number of carbonyl (C=O) groups is 3. The highest BCUT2D eigenvalue weighted by Gasteiger charge is 2.17. The molecule has 0 aliphatic heterocycles. The van der Waals surface area contributed by atoms with Gasteiger partial charge in [0, 0.05) is 13.0 Å². The first-order valence-electron chi connectivity index (χ1n) is 9.16. The van der Waals surface area contributed by atoms with Gasteiger partial charge >= 0.3 is 12.0 Å². The third-order valence-electron chi connectivity index (χ3n) is 4.12. The van der Waals surface area contributed by atoms with E-state index in [0.29, 0.717) is 18.8 Å². The van der Waals surface area contributed by atoms with Crippen LogP contribution in [-0.2, 0) is 6.42 Å². The molecule has 3 amide bonds. The number of aromatic carboxylic acids is 1. The number of hydrogen-bond acceptors (Lipinski definition) is 4. The predicted molar refractivity (Wildman–Crippen MR) is 104 cm³/mol. The second-order valence-electron chi connectivity index (χ2n) is 6.39. The van der Waals surface area contributed by atoms with Crippen LogP contribution in [0.15, 0.2) is 24.3 Å². The standard InChI is InChI=1S/C19H25N5O4/c1-2-3-4-5-10-21-19(28)24-17-15(16(20)25)22-14(23-17)11-12-6-8-13(9-7-12)18(26)27/h6-9H,2-5,10-11H2,1H3,(H2,20,25)(H,22,23)(H,26,27)(H2,21,24,28). The number of H-pyrrole nitrogens is 1. The lowest BCUT2D eigenvalue weighted by Gasteiger charge is -2.06. The Hall–Kier alpha value is -3.36. The summed E-state index contributed by atoms with van der Waals surface area (Å²) >= 11 is 0. The average molecular weight is 387 g/mol. The molecule has 0 unspecified atom stereocenters. The van der Waals surface area contributed by atoms with Crippen LogP contribution in [0.25, 0.3) is 0 Å². The van der Waals surface area contributed by atoms with Gasteiger partial charge in [-0.05, 0) is 24.1 Å². The fraction of sp³-hybridized carbons (Fsp3) is 0.368. The molecule has 28 heavy (non-hydrogen) atoms. The van der Waals surface area contributed by atoms with Gasteiger partial charge in [0.25, 0.3) is 5.91 Å². The van der Waals surface area contributed by atoms with Gasteiger partial charge in [-0.25, -0.2) is 14.6 Å². The fourth-order valence-electron chi connectivity index (χ4n) is 2.64. The molecule has 9 nitrogen and oxygen atoms in total. The third kappa shape index (κ3) is 6.11. The Bertz CT molecular complexity index is 829. The van der Waals surface area contributed by atoms with E-state index in [1.807, 2.05) is 0 Å². The van der Waals surface area contributed by atoms with Crippen molar-refractivity contribution in [3.05, 3.63) is 46.9 Å². The number of carboxylic acid groups (broad SMARTS) is 1. The SMILES string of the molecule is CCCCCCNC(=O)Nc1nc(Cc2ccc(C(=O)O)cc2)[nH]c1C(N)=O. The number of nitrogens with two attached hydrogens (primary N) is 1. The molecule has 2 aromatic rings. The predicted octanol–water partition coefficient (Wildman–Crippen LogP) is 2.50. The molecule has 0 fully saturated rings. The summed E-state index contributed by atoms with van der Waals surface area (Å²) in [4.78, 5) is 41.6. The number of nitrogens with one attached hydrogen (secondary N) is 3. The number of imidazole rings is 1. The Labute approximate surface area is 162 Å². The first-order chi connectivity index (χ1) is 13.4. The zero-order valence-corrected chi connectivity index (χ0v) is 15.7. The van der Waals surface area contributed by atoms with Crippen molar-refractivity contribution in [3.63, 3.8) is 0 Å². The number of aromatic nitrogens is 2. The third-order valence-corrected chi connectivity index (χ3v) is 4.12. The highest BCUT2D eigenvalue weighted by Crippen LogP contribution is 2.15. The van der Waals surface area contributed by atoms with Crippen molar-refractivity contribution in [2.24, 2.45) is 5.73 Å². The summed E-state index contributed by atoms with van der Waals surface area (Å²) in [6.07, 6.45) is 4.47. The van der Waals surface area contributed by atoms with E-state index in [0.717, 1.165) is 31.2 Å². The molecule has 1 aromatic heterocycles. The van der Waals surface area contributed by atoms with E-state index >= 15 is 0 Å². The number of unbranched alkanes of at least 4 members (excludes halogenated alkanes) is 3. The minimum absolute atomic E-state index is 0.0123. The van der Waals surface area contributed by atoms with Crippen molar-refractivity contribution >= 4 is 23.7 Å². The fourth-order valence-corrected chi connectivity index (χ4v) is 2.64. The number of nitrogens with zero attached hydrogens (tertiary/aromatic N) is 1. The molecule has 0 aliphatic carbocycles. The van der Waals surface area contributed by atoms with Crippen molar-refractivity contribution in [2.75, 3.05) is 11.9 Å². The lowest BCUT2D eigenvalue weighted by molar-refractivity contribution is 0.0696. The maximum Gasteiger partial charge on any atom is 0.335 e. The monoisotopic (exact) mass is 387 g/mol. The number of primary amides is 1. The zero-order valence-electron chi connectivity index (χ0n) is 15.7. The summed E-state index contributed by atoms with van der Waals surface area (Å²) in [5.41, 5.74) is 6.34. The summed E-state index contributed by atoms with van der Waals surface area (Å²) in [6.45, 7) is 2.64. The number of rotatable bonds is 10. The molecule has 9 heteroatoms. The highest BCUT2D eigenvalue weighted by atomic mass is 16.4. The lowest BCUT2D eigenvalue weighted by Crippen LogP contribution is -2.30. The minimum Gasteiger partial charge on any atom is -0.478 e. The van der Waals surface area contributed by atoms with Gasteiger partial charge in [-0.2, -0.15) is 0 Å². The maximum atomic E-state index is 12.0.